The van der Waals surface area contributed by atoms with Crippen LogP contribution in [0.4, 0.5) is 11.5 Å². The van der Waals surface area contributed by atoms with Crippen molar-refractivity contribution in [2.75, 3.05) is 5.32 Å². The lowest BCUT2D eigenvalue weighted by molar-refractivity contribution is 0.493. The lowest BCUT2D eigenvalue weighted by Crippen LogP contribution is -2.05. The third kappa shape index (κ3) is 2.39. The predicted octanol–water partition coefficient (Wildman–Crippen LogP) is 4.68. The summed E-state index contributed by atoms with van der Waals surface area (Å²) in [5.41, 5.74) is 3.62. The molecule has 0 aliphatic rings. The number of hydrogen-bond acceptors (Lipinski definition) is 4. The Morgan fingerprint density at radius 2 is 2.21 bits per heavy atom. The second-order valence-electron chi connectivity index (χ2n) is 5.82. The van der Waals surface area contributed by atoms with Crippen LogP contribution in [-0.2, 0) is 0 Å². The Bertz CT molecular complexity index is 1020. The van der Waals surface area contributed by atoms with Gasteiger partial charge in [-0.3, -0.25) is 14.8 Å². The first kappa shape index (κ1) is 15.0. The van der Waals surface area contributed by atoms with E-state index in [1.165, 1.54) is 0 Å². The largest absolute Gasteiger partial charge is 0.337 e. The number of nitrogens with one attached hydrogen (secondary N) is 2. The quantitative estimate of drug-likeness (QED) is 0.566. The van der Waals surface area contributed by atoms with E-state index in [0.29, 0.717) is 17.0 Å². The van der Waals surface area contributed by atoms with E-state index in [-0.39, 0.29) is 0 Å². The average molecular weight is 341 g/mol. The smallest absolute Gasteiger partial charge is 0.178 e. The fourth-order valence-electron chi connectivity index (χ4n) is 2.77. The Balaban J connectivity index is 1.74. The van der Waals surface area contributed by atoms with Crippen LogP contribution >= 0.6 is 11.6 Å². The van der Waals surface area contributed by atoms with E-state index in [1.54, 1.807) is 6.20 Å². The highest BCUT2D eigenvalue weighted by Gasteiger charge is 2.14. The summed E-state index contributed by atoms with van der Waals surface area (Å²) in [5, 5.41) is 16.5. The fraction of sp³-hybridized carbons (Fsp3) is 0.235. The van der Waals surface area contributed by atoms with Crippen LogP contribution in [0, 0.1) is 0 Å². The molecule has 0 aliphatic carbocycles. The summed E-state index contributed by atoms with van der Waals surface area (Å²) in [7, 11) is 0. The highest BCUT2D eigenvalue weighted by atomic mass is 35.5. The molecular weight excluding hydrogens is 324 g/mol. The Hall–Kier alpha value is -2.60. The Morgan fingerprint density at radius 1 is 1.33 bits per heavy atom. The zero-order chi connectivity index (χ0) is 16.7. The fourth-order valence-corrected chi connectivity index (χ4v) is 3.00. The second kappa shape index (κ2) is 5.79. The number of fused-ring (bicyclic) bond motifs is 2. The Labute approximate surface area is 143 Å². The van der Waals surface area contributed by atoms with Crippen molar-refractivity contribution in [3.05, 3.63) is 41.7 Å². The first-order valence-electron chi connectivity index (χ1n) is 7.91. The van der Waals surface area contributed by atoms with Gasteiger partial charge in [0, 0.05) is 23.3 Å². The van der Waals surface area contributed by atoms with Gasteiger partial charge in [-0.1, -0.05) is 18.5 Å². The molecule has 24 heavy (non-hydrogen) atoms. The molecule has 0 aliphatic heterocycles. The van der Waals surface area contributed by atoms with Crippen molar-refractivity contribution in [2.24, 2.45) is 0 Å². The predicted molar refractivity (Wildman–Crippen MR) is 96.9 cm³/mol. The van der Waals surface area contributed by atoms with Gasteiger partial charge >= 0.3 is 0 Å². The van der Waals surface area contributed by atoms with E-state index in [4.69, 9.17) is 11.6 Å². The molecule has 6 nitrogen and oxygen atoms in total. The topological polar surface area (TPSA) is 71.4 Å². The van der Waals surface area contributed by atoms with Crippen LogP contribution in [0.5, 0.6) is 0 Å². The minimum atomic E-state index is 0.304. The van der Waals surface area contributed by atoms with Gasteiger partial charge in [0.2, 0.25) is 0 Å². The van der Waals surface area contributed by atoms with E-state index >= 15 is 0 Å². The van der Waals surface area contributed by atoms with Crippen molar-refractivity contribution in [3.63, 3.8) is 0 Å². The number of benzene rings is 1. The van der Waals surface area contributed by atoms with Crippen molar-refractivity contribution in [1.82, 2.24) is 25.0 Å². The molecule has 7 heteroatoms. The van der Waals surface area contributed by atoms with Gasteiger partial charge in [-0.25, -0.2) is 0 Å². The Morgan fingerprint density at radius 3 is 3.04 bits per heavy atom. The van der Waals surface area contributed by atoms with Gasteiger partial charge in [-0.2, -0.15) is 10.2 Å². The van der Waals surface area contributed by atoms with Crippen LogP contribution < -0.4 is 5.32 Å². The number of nitrogens with zero attached hydrogens (tertiary/aromatic N) is 4. The summed E-state index contributed by atoms with van der Waals surface area (Å²) >= 11 is 6.33. The molecule has 2 N–H and O–H groups in total. The van der Waals surface area contributed by atoms with Crippen molar-refractivity contribution in [3.8, 4) is 0 Å². The zero-order valence-electron chi connectivity index (χ0n) is 13.4. The molecule has 0 saturated heterocycles. The highest BCUT2D eigenvalue weighted by Crippen LogP contribution is 2.30. The van der Waals surface area contributed by atoms with E-state index in [0.717, 1.165) is 34.0 Å². The number of halogens is 1. The van der Waals surface area contributed by atoms with E-state index in [9.17, 15) is 0 Å². The van der Waals surface area contributed by atoms with Gasteiger partial charge in [0.25, 0.3) is 0 Å². The van der Waals surface area contributed by atoms with Crippen LogP contribution in [0.25, 0.3) is 21.9 Å². The van der Waals surface area contributed by atoms with Gasteiger partial charge < -0.3 is 5.32 Å². The number of pyridine rings is 1. The first-order valence-corrected chi connectivity index (χ1v) is 8.29. The molecule has 4 rings (SSSR count). The van der Waals surface area contributed by atoms with Crippen molar-refractivity contribution in [2.45, 2.75) is 26.3 Å². The number of aromatic amines is 1. The van der Waals surface area contributed by atoms with Gasteiger partial charge in [0.1, 0.15) is 5.52 Å². The molecule has 0 bridgehead atoms. The maximum absolute atomic E-state index is 6.33. The molecule has 0 spiro atoms. The molecule has 1 aromatic carbocycles. The minimum Gasteiger partial charge on any atom is -0.337 e. The van der Waals surface area contributed by atoms with Crippen molar-refractivity contribution in [1.29, 1.82) is 0 Å². The van der Waals surface area contributed by atoms with E-state index in [1.807, 2.05) is 35.0 Å². The Kier molecular flexibility index (Phi) is 3.61. The molecular formula is C17H17ClN6. The van der Waals surface area contributed by atoms with Crippen molar-refractivity contribution >= 4 is 45.0 Å². The van der Waals surface area contributed by atoms with Crippen molar-refractivity contribution < 1.29 is 0 Å². The van der Waals surface area contributed by atoms with Crippen LogP contribution in [0.1, 0.15) is 26.3 Å². The molecule has 122 valence electrons. The average Bonchev–Trinajstić information content (AvgIpc) is 3.16. The molecule has 0 radical (unpaired) electrons. The summed E-state index contributed by atoms with van der Waals surface area (Å²) in [4.78, 5) is 4.36. The van der Waals surface area contributed by atoms with Crippen LogP contribution in [0.2, 0.25) is 5.15 Å². The highest BCUT2D eigenvalue weighted by molar-refractivity contribution is 6.34. The first-order chi connectivity index (χ1) is 11.7. The van der Waals surface area contributed by atoms with Gasteiger partial charge in [-0.15, -0.1) is 0 Å². The van der Waals surface area contributed by atoms with Gasteiger partial charge in [0.05, 0.1) is 11.0 Å². The summed E-state index contributed by atoms with van der Waals surface area (Å²) in [5.74, 6) is 0.690. The lowest BCUT2D eigenvalue weighted by atomic mass is 10.2. The molecule has 3 aromatic heterocycles. The van der Waals surface area contributed by atoms with Crippen LogP contribution in [0.3, 0.4) is 0 Å². The molecule has 1 unspecified atom stereocenters. The van der Waals surface area contributed by atoms with Gasteiger partial charge in [-0.05, 0) is 43.7 Å². The maximum atomic E-state index is 6.33. The zero-order valence-corrected chi connectivity index (χ0v) is 14.2. The van der Waals surface area contributed by atoms with Crippen LogP contribution in [0.15, 0.2) is 36.5 Å². The number of rotatable bonds is 4. The van der Waals surface area contributed by atoms with E-state index < -0.39 is 0 Å². The minimum absolute atomic E-state index is 0.304. The summed E-state index contributed by atoms with van der Waals surface area (Å²) in [6, 6.07) is 10.1. The van der Waals surface area contributed by atoms with Gasteiger partial charge in [0.15, 0.2) is 11.0 Å². The molecule has 4 aromatic rings. The van der Waals surface area contributed by atoms with E-state index in [2.05, 4.69) is 39.4 Å². The SMILES string of the molecule is CCC(C)n1nc(Cl)c2cc(Nc3n[nH]c4cccnc34)ccc21. The lowest BCUT2D eigenvalue weighted by Gasteiger charge is -2.10. The number of hydrogen-bond donors (Lipinski definition) is 2. The molecule has 0 fully saturated rings. The maximum Gasteiger partial charge on any atom is 0.178 e. The molecule has 1 atom stereocenters. The third-order valence-electron chi connectivity index (χ3n) is 4.25. The third-order valence-corrected chi connectivity index (χ3v) is 4.53. The monoisotopic (exact) mass is 340 g/mol. The van der Waals surface area contributed by atoms with Crippen LogP contribution in [-0.4, -0.2) is 25.0 Å². The summed E-state index contributed by atoms with van der Waals surface area (Å²) in [6.45, 7) is 4.27. The summed E-state index contributed by atoms with van der Waals surface area (Å²) < 4.78 is 1.98. The molecule has 3 heterocycles. The standard InChI is InChI=1S/C17H17ClN6/c1-3-10(2)24-14-7-6-11(9-12(14)16(18)23-24)20-17-15-13(21-22-17)5-4-8-19-15/h4-10H,3H2,1-2H3,(H2,20,21,22). The normalized spacial score (nSPS) is 12.8. The molecule has 0 amide bonds. The summed E-state index contributed by atoms with van der Waals surface area (Å²) in [6.07, 6.45) is 2.75. The number of H-pyrrole nitrogens is 1. The molecule has 0 saturated carbocycles. The number of anilines is 2. The number of aromatic nitrogens is 5. The second-order valence-corrected chi connectivity index (χ2v) is 6.18.